The highest BCUT2D eigenvalue weighted by molar-refractivity contribution is 6.39. The van der Waals surface area contributed by atoms with Crippen molar-refractivity contribution >= 4 is 29.2 Å². The minimum atomic E-state index is -0.800. The molecule has 1 saturated heterocycles. The Morgan fingerprint density at radius 1 is 1.18 bits per heavy atom. The number of piperidine rings is 1. The standard InChI is InChI=1S/C19H22N6O3/c1-11-2-4-15(12-3-5-16(20)23-8-12)25(10-11)19(28)18(27)24-14-6-13(17(21)26)7-22-9-14/h3,5-9,11,15H,2,4,10H2,1H3,(H2,20,23)(H2,21,26)(H,24,27)/t11?,15-/m0/s1. The third kappa shape index (κ3) is 4.25. The number of primary amides is 1. The molecule has 3 rings (SSSR count). The number of nitrogen functional groups attached to an aromatic ring is 1. The van der Waals surface area contributed by atoms with Gasteiger partial charge in [-0.25, -0.2) is 4.98 Å². The first-order chi connectivity index (χ1) is 13.3. The van der Waals surface area contributed by atoms with Crippen molar-refractivity contribution in [3.63, 3.8) is 0 Å². The Hall–Kier alpha value is -3.49. The highest BCUT2D eigenvalue weighted by Crippen LogP contribution is 2.33. The van der Waals surface area contributed by atoms with Gasteiger partial charge >= 0.3 is 11.8 Å². The van der Waals surface area contributed by atoms with E-state index in [-0.39, 0.29) is 23.2 Å². The van der Waals surface area contributed by atoms with Gasteiger partial charge in [0.2, 0.25) is 5.91 Å². The largest absolute Gasteiger partial charge is 0.384 e. The topological polar surface area (TPSA) is 144 Å². The smallest absolute Gasteiger partial charge is 0.313 e. The van der Waals surface area contributed by atoms with E-state index in [1.807, 2.05) is 13.0 Å². The highest BCUT2D eigenvalue weighted by Gasteiger charge is 2.34. The fourth-order valence-electron chi connectivity index (χ4n) is 3.30. The summed E-state index contributed by atoms with van der Waals surface area (Å²) in [5.41, 5.74) is 12.1. The molecule has 0 aliphatic carbocycles. The van der Waals surface area contributed by atoms with Crippen molar-refractivity contribution in [1.82, 2.24) is 14.9 Å². The molecule has 1 aliphatic heterocycles. The number of hydrogen-bond donors (Lipinski definition) is 3. The first kappa shape index (κ1) is 19.3. The van der Waals surface area contributed by atoms with Gasteiger partial charge in [0.1, 0.15) is 5.82 Å². The quantitative estimate of drug-likeness (QED) is 0.678. The summed E-state index contributed by atoms with van der Waals surface area (Å²) in [4.78, 5) is 46.2. The minimum Gasteiger partial charge on any atom is -0.384 e. The number of nitrogens with zero attached hydrogens (tertiary/aromatic N) is 3. The van der Waals surface area contributed by atoms with E-state index in [1.165, 1.54) is 18.5 Å². The molecule has 3 amide bonds. The van der Waals surface area contributed by atoms with Crippen molar-refractivity contribution in [1.29, 1.82) is 0 Å². The van der Waals surface area contributed by atoms with E-state index < -0.39 is 17.7 Å². The Morgan fingerprint density at radius 2 is 1.96 bits per heavy atom. The molecular weight excluding hydrogens is 360 g/mol. The first-order valence-corrected chi connectivity index (χ1v) is 8.93. The number of pyridine rings is 2. The molecule has 1 unspecified atom stereocenters. The summed E-state index contributed by atoms with van der Waals surface area (Å²) in [6, 6.07) is 4.62. The van der Waals surface area contributed by atoms with E-state index in [1.54, 1.807) is 17.2 Å². The molecule has 0 spiro atoms. The summed E-state index contributed by atoms with van der Waals surface area (Å²) in [5.74, 6) is -1.46. The normalized spacial score (nSPS) is 19.1. The summed E-state index contributed by atoms with van der Waals surface area (Å²) in [7, 11) is 0. The van der Waals surface area contributed by atoms with Crippen LogP contribution in [-0.2, 0) is 9.59 Å². The highest BCUT2D eigenvalue weighted by atomic mass is 16.2. The van der Waals surface area contributed by atoms with E-state index in [4.69, 9.17) is 11.5 Å². The molecule has 5 N–H and O–H groups in total. The summed E-state index contributed by atoms with van der Waals surface area (Å²) in [6.07, 6.45) is 5.93. The Bertz CT molecular complexity index is 899. The van der Waals surface area contributed by atoms with Gasteiger partial charge in [-0.1, -0.05) is 13.0 Å². The predicted octanol–water partition coefficient (Wildman–Crippen LogP) is 1.10. The summed E-state index contributed by atoms with van der Waals surface area (Å²) in [5, 5.41) is 2.49. The molecule has 0 radical (unpaired) electrons. The van der Waals surface area contributed by atoms with E-state index in [9.17, 15) is 14.4 Å². The van der Waals surface area contributed by atoms with Crippen LogP contribution >= 0.6 is 0 Å². The van der Waals surface area contributed by atoms with E-state index in [2.05, 4.69) is 15.3 Å². The van der Waals surface area contributed by atoms with Crippen LogP contribution in [0.3, 0.4) is 0 Å². The number of likely N-dealkylation sites (tertiary alicyclic amines) is 1. The molecular formula is C19H22N6O3. The van der Waals surface area contributed by atoms with Crippen LogP contribution in [0.15, 0.2) is 36.8 Å². The van der Waals surface area contributed by atoms with Crippen molar-refractivity contribution in [3.05, 3.63) is 47.9 Å². The van der Waals surface area contributed by atoms with E-state index in [0.717, 1.165) is 18.4 Å². The van der Waals surface area contributed by atoms with Crippen molar-refractivity contribution in [2.45, 2.75) is 25.8 Å². The van der Waals surface area contributed by atoms with Crippen molar-refractivity contribution in [2.75, 3.05) is 17.6 Å². The van der Waals surface area contributed by atoms with Crippen LogP contribution in [0.4, 0.5) is 11.5 Å². The zero-order chi connectivity index (χ0) is 20.3. The van der Waals surface area contributed by atoms with Gasteiger partial charge in [0, 0.05) is 18.9 Å². The molecule has 28 heavy (non-hydrogen) atoms. The zero-order valence-corrected chi connectivity index (χ0v) is 15.5. The average molecular weight is 382 g/mol. The molecule has 1 aliphatic rings. The zero-order valence-electron chi connectivity index (χ0n) is 15.5. The van der Waals surface area contributed by atoms with Crippen LogP contribution in [0.5, 0.6) is 0 Å². The summed E-state index contributed by atoms with van der Waals surface area (Å²) >= 11 is 0. The lowest BCUT2D eigenvalue weighted by Gasteiger charge is -2.38. The third-order valence-electron chi connectivity index (χ3n) is 4.75. The fraction of sp³-hybridized carbons (Fsp3) is 0.316. The maximum atomic E-state index is 12.9. The molecule has 9 nitrogen and oxygen atoms in total. The number of aromatic nitrogens is 2. The van der Waals surface area contributed by atoms with Gasteiger partial charge in [-0.3, -0.25) is 19.4 Å². The molecule has 0 aromatic carbocycles. The molecule has 2 aromatic rings. The molecule has 3 heterocycles. The molecule has 2 aromatic heterocycles. The lowest BCUT2D eigenvalue weighted by molar-refractivity contribution is -0.146. The van der Waals surface area contributed by atoms with Gasteiger partial charge in [0.05, 0.1) is 23.5 Å². The number of carbonyl (C=O) groups excluding carboxylic acids is 3. The number of nitrogens with two attached hydrogens (primary N) is 2. The minimum absolute atomic E-state index is 0.141. The number of anilines is 2. The molecule has 2 atom stereocenters. The van der Waals surface area contributed by atoms with Gasteiger partial charge in [-0.2, -0.15) is 0 Å². The van der Waals surface area contributed by atoms with E-state index in [0.29, 0.717) is 12.4 Å². The van der Waals surface area contributed by atoms with Crippen LogP contribution in [-0.4, -0.2) is 39.1 Å². The third-order valence-corrected chi connectivity index (χ3v) is 4.75. The Labute approximate surface area is 162 Å². The van der Waals surface area contributed by atoms with Crippen molar-refractivity contribution < 1.29 is 14.4 Å². The van der Waals surface area contributed by atoms with Gasteiger partial charge in [0.15, 0.2) is 0 Å². The second-order valence-corrected chi connectivity index (χ2v) is 6.95. The van der Waals surface area contributed by atoms with Gasteiger partial charge in [0.25, 0.3) is 0 Å². The summed E-state index contributed by atoms with van der Waals surface area (Å²) in [6.45, 7) is 2.50. The molecule has 1 fully saturated rings. The Balaban J connectivity index is 1.79. The first-order valence-electron chi connectivity index (χ1n) is 8.93. The number of hydrogen-bond acceptors (Lipinski definition) is 6. The van der Waals surface area contributed by atoms with E-state index >= 15 is 0 Å². The lowest BCUT2D eigenvalue weighted by Crippen LogP contribution is -2.46. The Kier molecular flexibility index (Phi) is 5.53. The number of rotatable bonds is 3. The van der Waals surface area contributed by atoms with Crippen LogP contribution in [0.2, 0.25) is 0 Å². The van der Waals surface area contributed by atoms with Crippen molar-refractivity contribution in [3.8, 4) is 0 Å². The van der Waals surface area contributed by atoms with Gasteiger partial charge in [-0.05, 0) is 36.5 Å². The van der Waals surface area contributed by atoms with Crippen molar-refractivity contribution in [2.24, 2.45) is 11.7 Å². The second-order valence-electron chi connectivity index (χ2n) is 6.95. The number of amides is 3. The second kappa shape index (κ2) is 8.03. The fourth-order valence-corrected chi connectivity index (χ4v) is 3.30. The Morgan fingerprint density at radius 3 is 2.64 bits per heavy atom. The van der Waals surface area contributed by atoms with Crippen LogP contribution in [0, 0.1) is 5.92 Å². The van der Waals surface area contributed by atoms with Gasteiger partial charge < -0.3 is 21.7 Å². The maximum Gasteiger partial charge on any atom is 0.313 e. The lowest BCUT2D eigenvalue weighted by atomic mass is 9.90. The monoisotopic (exact) mass is 382 g/mol. The molecule has 9 heteroatoms. The van der Waals surface area contributed by atoms with Crippen LogP contribution < -0.4 is 16.8 Å². The van der Waals surface area contributed by atoms with Crippen LogP contribution in [0.25, 0.3) is 0 Å². The number of nitrogens with one attached hydrogen (secondary N) is 1. The maximum absolute atomic E-state index is 12.9. The summed E-state index contributed by atoms with van der Waals surface area (Å²) < 4.78 is 0. The predicted molar refractivity (Wildman–Crippen MR) is 103 cm³/mol. The number of carbonyl (C=O) groups is 3. The average Bonchev–Trinajstić information content (AvgIpc) is 2.68. The molecule has 0 bridgehead atoms. The molecule has 0 saturated carbocycles. The SMILES string of the molecule is CC1CC[C@@H](c2ccc(N)nc2)N(C(=O)C(=O)Nc2cncc(C(N)=O)c2)C1. The van der Waals surface area contributed by atoms with Crippen LogP contribution in [0.1, 0.15) is 41.7 Å². The molecule has 146 valence electrons. The van der Waals surface area contributed by atoms with Gasteiger partial charge in [-0.15, -0.1) is 0 Å².